The summed E-state index contributed by atoms with van der Waals surface area (Å²) >= 11 is 1.82. The fourth-order valence-corrected chi connectivity index (χ4v) is 13.5. The number of imide groups is 3. The highest BCUT2D eigenvalue weighted by atomic mass is 32.2. The van der Waals surface area contributed by atoms with Crippen LogP contribution in [0.3, 0.4) is 0 Å². The van der Waals surface area contributed by atoms with Crippen molar-refractivity contribution in [3.05, 3.63) is 177 Å². The first-order valence-electron chi connectivity index (χ1n) is 28.9. The van der Waals surface area contributed by atoms with E-state index in [-0.39, 0.29) is 43.2 Å². The number of hydrogen-bond acceptors (Lipinski definition) is 17. The van der Waals surface area contributed by atoms with Crippen molar-refractivity contribution in [1.82, 2.24) is 14.7 Å². The van der Waals surface area contributed by atoms with Crippen LogP contribution in [-0.2, 0) is 43.2 Å². The van der Waals surface area contributed by atoms with Crippen molar-refractivity contribution in [2.75, 3.05) is 67.2 Å². The number of anilines is 3. The summed E-state index contributed by atoms with van der Waals surface area (Å²) in [5, 5.41) is 27.0. The van der Waals surface area contributed by atoms with Crippen molar-refractivity contribution >= 4 is 149 Å². The number of carboxylic acid groups (broad SMARTS) is 3. The molecule has 92 heavy (non-hydrogen) atoms. The van der Waals surface area contributed by atoms with Crippen LogP contribution in [0.25, 0.3) is 27.5 Å². The molecule has 0 spiro atoms. The fourth-order valence-electron chi connectivity index (χ4n) is 10.7. The molecule has 0 atom stereocenters. The molecule has 6 aromatic rings. The molecule has 0 bridgehead atoms. The standard InChI is InChI=1S/C26H20N2O6S.C22H18N2O6S.C18H18N2O5S/c29-21(30)15-28-25(32)23(35-26(28)33)22-19-8-3-4-9-20(19)27(24(22)31)12-5-13-34-18-11-10-16-6-1-2-7-17(16)14-18;25-17(26)13-24-21(28)19(31-22(24)29)18-15-9-4-5-10-16(15)23(20(18)27)11-6-12-30-14-7-2-1-3-8-14;1-2-3-6-9-19-12-8-5-4-7-11(12)14(16(19)23)15-17(24)20(10-13(21)22)18(25)26-15/h1-4,6-11,14H,5,12-13,15H2,(H,29,30);1-5,7-10H,6,11-13H2,(H,25,26);4-5,7-8H,2-3,6,9-10H2,1H3,(H,21,22)/b23-22-;19-18-;15-14-. The minimum Gasteiger partial charge on any atom is -0.494 e. The molecule has 9 amide bonds. The topological polar surface area (TPSA) is 303 Å². The highest BCUT2D eigenvalue weighted by Gasteiger charge is 2.47. The number of carbonyl (C=O) groups excluding carboxylic acids is 9. The number of hydrogen-bond donors (Lipinski definition) is 3. The molecular formula is C66H56N6O17S3. The van der Waals surface area contributed by atoms with Crippen molar-refractivity contribution in [3.63, 3.8) is 0 Å². The van der Waals surface area contributed by atoms with E-state index in [1.165, 1.54) is 0 Å². The number of thioether (sulfide) groups is 3. The van der Waals surface area contributed by atoms with Gasteiger partial charge in [-0.15, -0.1) is 0 Å². The third-order valence-corrected chi connectivity index (χ3v) is 17.9. The first-order chi connectivity index (χ1) is 44.4. The van der Waals surface area contributed by atoms with Gasteiger partial charge in [0.05, 0.1) is 61.7 Å². The van der Waals surface area contributed by atoms with E-state index in [9.17, 15) is 57.5 Å². The highest BCUT2D eigenvalue weighted by Crippen LogP contribution is 2.47. The Hall–Kier alpha value is -10.3. The van der Waals surface area contributed by atoms with Crippen molar-refractivity contribution < 1.29 is 82.3 Å². The van der Waals surface area contributed by atoms with E-state index >= 15 is 0 Å². The maximum Gasteiger partial charge on any atom is 0.323 e. The Morgan fingerprint density at radius 2 is 0.717 bits per heavy atom. The zero-order chi connectivity index (χ0) is 65.3. The van der Waals surface area contributed by atoms with E-state index in [2.05, 4.69) is 6.92 Å². The minimum absolute atomic E-state index is 0.00620. The first kappa shape index (κ1) is 64.7. The SMILES string of the molecule is CCCCCN1C(=O)/C(=C2\SC(=O)N(CC(=O)O)C2=O)c2ccccc21.O=C(O)CN1C(=O)S/C(=C2\C(=O)N(CCCOc3ccc4ccccc4c3)c3ccccc32)C1=O.O=C(O)CN1C(=O)S/C(=C2\C(=O)N(CCCOc3ccccc3)c3ccccc32)C1=O. The number of amides is 9. The van der Waals surface area contributed by atoms with Gasteiger partial charge < -0.3 is 39.5 Å². The van der Waals surface area contributed by atoms with Gasteiger partial charge in [-0.05, 0) is 108 Å². The second-order valence-electron chi connectivity index (χ2n) is 20.9. The Balaban J connectivity index is 0.000000153. The van der Waals surface area contributed by atoms with Crippen molar-refractivity contribution in [1.29, 1.82) is 0 Å². The third kappa shape index (κ3) is 13.7. The molecule has 0 radical (unpaired) electrons. The maximum atomic E-state index is 13.4. The molecule has 470 valence electrons. The molecule has 12 rings (SSSR count). The number of carbonyl (C=O) groups is 12. The molecule has 0 saturated carbocycles. The number of para-hydroxylation sites is 4. The Morgan fingerprint density at radius 3 is 1.11 bits per heavy atom. The van der Waals surface area contributed by atoms with Crippen LogP contribution in [0.4, 0.5) is 31.4 Å². The summed E-state index contributed by atoms with van der Waals surface area (Å²) in [5.41, 5.74) is 4.17. The average Bonchev–Trinajstić information content (AvgIpc) is 1.62. The van der Waals surface area contributed by atoms with Gasteiger partial charge in [0.25, 0.3) is 51.2 Å². The van der Waals surface area contributed by atoms with Crippen LogP contribution in [-0.4, -0.2) is 152 Å². The summed E-state index contributed by atoms with van der Waals surface area (Å²) in [4.78, 5) is 154. The van der Waals surface area contributed by atoms with Crippen LogP contribution in [0, 0.1) is 0 Å². The second-order valence-corrected chi connectivity index (χ2v) is 23.8. The van der Waals surface area contributed by atoms with E-state index in [4.69, 9.17) is 24.8 Å². The molecule has 6 aliphatic heterocycles. The van der Waals surface area contributed by atoms with Gasteiger partial charge in [0.2, 0.25) is 0 Å². The highest BCUT2D eigenvalue weighted by molar-refractivity contribution is 8.19. The molecule has 0 aliphatic carbocycles. The van der Waals surface area contributed by atoms with E-state index in [0.717, 1.165) is 41.5 Å². The van der Waals surface area contributed by atoms with Gasteiger partial charge >= 0.3 is 17.9 Å². The third-order valence-electron chi connectivity index (χ3n) is 14.9. The number of benzene rings is 6. The number of fused-ring (bicyclic) bond motifs is 4. The monoisotopic (exact) mass is 1300 g/mol. The van der Waals surface area contributed by atoms with Crippen LogP contribution < -0.4 is 24.2 Å². The molecular weight excluding hydrogens is 1240 g/mol. The van der Waals surface area contributed by atoms with Crippen molar-refractivity contribution in [3.8, 4) is 11.5 Å². The molecule has 3 fully saturated rings. The number of aliphatic carboxylic acids is 3. The maximum absolute atomic E-state index is 13.4. The van der Waals surface area contributed by atoms with E-state index in [1.807, 2.05) is 84.9 Å². The van der Waals surface area contributed by atoms with Crippen LogP contribution in [0.1, 0.15) is 55.7 Å². The number of carboxylic acids is 3. The molecule has 0 aromatic heterocycles. The zero-order valence-electron chi connectivity index (χ0n) is 49.0. The Kier molecular flexibility index (Phi) is 20.2. The predicted molar refractivity (Wildman–Crippen MR) is 344 cm³/mol. The Morgan fingerprint density at radius 1 is 0.370 bits per heavy atom. The zero-order valence-corrected chi connectivity index (χ0v) is 51.5. The summed E-state index contributed by atoms with van der Waals surface area (Å²) in [7, 11) is 0. The number of unbranched alkanes of at least 4 members (excludes halogenated alkanes) is 2. The molecule has 0 unspecified atom stereocenters. The lowest BCUT2D eigenvalue weighted by molar-refractivity contribution is -0.141. The molecule has 23 nitrogen and oxygen atoms in total. The molecule has 3 N–H and O–H groups in total. The number of rotatable bonds is 20. The number of nitrogens with zero attached hydrogens (tertiary/aromatic N) is 6. The molecule has 26 heteroatoms. The first-order valence-corrected chi connectivity index (χ1v) is 31.3. The lowest BCUT2D eigenvalue weighted by Gasteiger charge is -2.17. The lowest BCUT2D eigenvalue weighted by atomic mass is 10.1. The molecule has 3 saturated heterocycles. The van der Waals surface area contributed by atoms with Crippen LogP contribution >= 0.6 is 35.3 Å². The van der Waals surface area contributed by atoms with Gasteiger partial charge in [-0.25, -0.2) is 0 Å². The summed E-state index contributed by atoms with van der Waals surface area (Å²) in [6.07, 6.45) is 3.94. The van der Waals surface area contributed by atoms with Gasteiger partial charge in [0.1, 0.15) is 31.1 Å². The van der Waals surface area contributed by atoms with E-state index < -0.39 is 76.9 Å². The van der Waals surface area contributed by atoms with Crippen molar-refractivity contribution in [2.45, 2.75) is 39.0 Å². The van der Waals surface area contributed by atoms with Crippen LogP contribution in [0.5, 0.6) is 11.5 Å². The van der Waals surface area contributed by atoms with E-state index in [0.29, 0.717) is 129 Å². The second kappa shape index (κ2) is 28.7. The van der Waals surface area contributed by atoms with Gasteiger partial charge in [-0.2, -0.15) is 0 Å². The van der Waals surface area contributed by atoms with Gasteiger partial charge in [-0.1, -0.05) is 123 Å². The van der Waals surface area contributed by atoms with Crippen LogP contribution in [0.15, 0.2) is 160 Å². The number of ether oxygens (including phenoxy) is 2. The van der Waals surface area contributed by atoms with Crippen molar-refractivity contribution in [2.24, 2.45) is 0 Å². The average molecular weight is 1300 g/mol. The largest absolute Gasteiger partial charge is 0.494 e. The minimum atomic E-state index is -1.30. The Labute approximate surface area is 537 Å². The fraction of sp³-hybridized carbons (Fsp3) is 0.212. The van der Waals surface area contributed by atoms with Crippen LogP contribution in [0.2, 0.25) is 0 Å². The summed E-state index contributed by atoms with van der Waals surface area (Å²) in [6, 6.07) is 44.4. The quantitative estimate of drug-likeness (QED) is 0.0473. The summed E-state index contributed by atoms with van der Waals surface area (Å²) in [5.74, 6) is -5.74. The Bertz CT molecular complexity index is 4170. The van der Waals surface area contributed by atoms with Gasteiger partial charge in [-0.3, -0.25) is 72.2 Å². The summed E-state index contributed by atoms with van der Waals surface area (Å²) in [6.45, 7) is 1.92. The molecule has 6 aliphatic rings. The molecule has 6 heterocycles. The van der Waals surface area contributed by atoms with Gasteiger partial charge in [0.15, 0.2) is 0 Å². The normalized spacial score (nSPS) is 18.2. The predicted octanol–water partition coefficient (Wildman–Crippen LogP) is 9.85. The van der Waals surface area contributed by atoms with Gasteiger partial charge in [0, 0.05) is 36.3 Å². The molecule has 6 aromatic carbocycles. The smallest absolute Gasteiger partial charge is 0.323 e. The summed E-state index contributed by atoms with van der Waals surface area (Å²) < 4.78 is 11.6. The van der Waals surface area contributed by atoms with E-state index in [1.54, 1.807) is 75.4 Å². The lowest BCUT2D eigenvalue weighted by Crippen LogP contribution is -2.34.